The molecule has 3 N–H and O–H groups in total. The predicted molar refractivity (Wildman–Crippen MR) is 93.6 cm³/mol. The number of hydrogen-bond donors (Lipinski definition) is 2. The fraction of sp³-hybridized carbons (Fsp3) is 0.333. The van der Waals surface area contributed by atoms with Gasteiger partial charge in [0.05, 0.1) is 18.7 Å². The number of aryl methyl sites for hydroxylation is 1. The van der Waals surface area contributed by atoms with Crippen molar-refractivity contribution in [1.29, 1.82) is 0 Å². The van der Waals surface area contributed by atoms with Gasteiger partial charge in [-0.25, -0.2) is 0 Å². The molecule has 1 aromatic carbocycles. The van der Waals surface area contributed by atoms with Gasteiger partial charge in [0.15, 0.2) is 0 Å². The maximum atomic E-state index is 13.1. The number of amides is 2. The van der Waals surface area contributed by atoms with Crippen LogP contribution in [0.15, 0.2) is 36.5 Å². The van der Waals surface area contributed by atoms with Crippen LogP contribution in [0.1, 0.15) is 32.5 Å². The molecule has 0 saturated carbocycles. The minimum Gasteiger partial charge on any atom is -0.496 e. The molecule has 0 radical (unpaired) electrons. The number of nitrogens with two attached hydrogens (primary N) is 1. The van der Waals surface area contributed by atoms with E-state index in [1.165, 1.54) is 0 Å². The number of benzene rings is 1. The molecule has 1 unspecified atom stereocenters. The van der Waals surface area contributed by atoms with Crippen molar-refractivity contribution in [2.75, 3.05) is 26.7 Å². The van der Waals surface area contributed by atoms with Crippen molar-refractivity contribution in [3.05, 3.63) is 53.3 Å². The Bertz CT molecular complexity index is 799. The normalized spacial score (nSPS) is 17.4. The van der Waals surface area contributed by atoms with Gasteiger partial charge < -0.3 is 25.3 Å². The van der Waals surface area contributed by atoms with Crippen molar-refractivity contribution in [1.82, 2.24) is 14.8 Å². The van der Waals surface area contributed by atoms with E-state index in [9.17, 15) is 9.59 Å². The number of rotatable bonds is 4. The smallest absolute Gasteiger partial charge is 0.271 e. The van der Waals surface area contributed by atoms with E-state index in [1.54, 1.807) is 31.0 Å². The summed E-state index contributed by atoms with van der Waals surface area (Å²) in [7, 11) is 3.36. The lowest BCUT2D eigenvalue weighted by atomic mass is 10.0. The van der Waals surface area contributed by atoms with Gasteiger partial charge in [-0.2, -0.15) is 0 Å². The summed E-state index contributed by atoms with van der Waals surface area (Å²) < 4.78 is 7.10. The first-order valence-corrected chi connectivity index (χ1v) is 8.13. The standard InChI is InChI=1S/C18H22N4O3/c1-21-11-12(17(19)23)9-14(21)18(24)22-8-7-20-10-15(22)13-5-3-4-6-16(13)25-2/h3-6,9,11,15,20H,7-8,10H2,1-2H3,(H2,19,23). The molecule has 2 amide bonds. The highest BCUT2D eigenvalue weighted by molar-refractivity contribution is 5.99. The second kappa shape index (κ2) is 6.98. The summed E-state index contributed by atoms with van der Waals surface area (Å²) in [5.74, 6) is 0.0716. The Hall–Kier alpha value is -2.80. The number of primary amides is 1. The molecule has 1 aliphatic rings. The van der Waals surface area contributed by atoms with Gasteiger partial charge in [-0.1, -0.05) is 18.2 Å². The van der Waals surface area contributed by atoms with Crippen LogP contribution in [0.5, 0.6) is 5.75 Å². The monoisotopic (exact) mass is 342 g/mol. The van der Waals surface area contributed by atoms with E-state index in [4.69, 9.17) is 10.5 Å². The van der Waals surface area contributed by atoms with Crippen LogP contribution < -0.4 is 15.8 Å². The Labute approximate surface area is 146 Å². The van der Waals surface area contributed by atoms with E-state index in [-0.39, 0.29) is 11.9 Å². The second-order valence-electron chi connectivity index (χ2n) is 6.05. The summed E-state index contributed by atoms with van der Waals surface area (Å²) in [4.78, 5) is 26.3. The molecule has 2 aromatic rings. The summed E-state index contributed by atoms with van der Waals surface area (Å²) in [5.41, 5.74) is 7.05. The first kappa shape index (κ1) is 17.0. The van der Waals surface area contributed by atoms with Gasteiger partial charge in [0.25, 0.3) is 5.91 Å². The summed E-state index contributed by atoms with van der Waals surface area (Å²) in [6.07, 6.45) is 1.58. The molecular formula is C18H22N4O3. The Morgan fingerprint density at radius 1 is 1.32 bits per heavy atom. The largest absolute Gasteiger partial charge is 0.496 e. The highest BCUT2D eigenvalue weighted by Gasteiger charge is 2.31. The zero-order valence-corrected chi connectivity index (χ0v) is 14.4. The molecular weight excluding hydrogens is 320 g/mol. The van der Waals surface area contributed by atoms with Crippen LogP contribution >= 0.6 is 0 Å². The molecule has 0 aliphatic carbocycles. The van der Waals surface area contributed by atoms with Gasteiger partial charge in [0.2, 0.25) is 5.91 Å². The van der Waals surface area contributed by atoms with Crippen LogP contribution in [0.3, 0.4) is 0 Å². The molecule has 132 valence electrons. The van der Waals surface area contributed by atoms with E-state index < -0.39 is 5.91 Å². The number of hydrogen-bond acceptors (Lipinski definition) is 4. The Morgan fingerprint density at radius 3 is 2.76 bits per heavy atom. The number of methoxy groups -OCH3 is 1. The van der Waals surface area contributed by atoms with Gasteiger partial charge in [0.1, 0.15) is 11.4 Å². The molecule has 2 heterocycles. The number of carbonyl (C=O) groups excluding carboxylic acids is 2. The Morgan fingerprint density at radius 2 is 2.08 bits per heavy atom. The molecule has 0 bridgehead atoms. The van der Waals surface area contributed by atoms with Gasteiger partial charge in [-0.15, -0.1) is 0 Å². The molecule has 7 heteroatoms. The average Bonchev–Trinajstić information content (AvgIpc) is 3.03. The predicted octanol–water partition coefficient (Wildman–Crippen LogP) is 0.919. The van der Waals surface area contributed by atoms with Crippen LogP contribution in [-0.4, -0.2) is 48.0 Å². The summed E-state index contributed by atoms with van der Waals surface area (Å²) in [6.45, 7) is 1.92. The molecule has 1 atom stereocenters. The van der Waals surface area contributed by atoms with Crippen molar-refractivity contribution >= 4 is 11.8 Å². The molecule has 0 spiro atoms. The van der Waals surface area contributed by atoms with E-state index in [1.807, 2.05) is 29.2 Å². The van der Waals surface area contributed by atoms with Crippen molar-refractivity contribution in [2.24, 2.45) is 12.8 Å². The SMILES string of the molecule is COc1ccccc1C1CNCCN1C(=O)c1cc(C(N)=O)cn1C. The van der Waals surface area contributed by atoms with Crippen molar-refractivity contribution in [3.8, 4) is 5.75 Å². The van der Waals surface area contributed by atoms with E-state index in [0.29, 0.717) is 30.9 Å². The molecule has 1 fully saturated rings. The minimum absolute atomic E-state index is 0.132. The van der Waals surface area contributed by atoms with Crippen LogP contribution in [0.4, 0.5) is 0 Å². The van der Waals surface area contributed by atoms with Crippen molar-refractivity contribution in [3.63, 3.8) is 0 Å². The zero-order valence-electron chi connectivity index (χ0n) is 14.4. The summed E-state index contributed by atoms with van der Waals surface area (Å²) in [6, 6.07) is 9.09. The molecule has 1 saturated heterocycles. The third-order valence-electron chi connectivity index (χ3n) is 4.51. The Balaban J connectivity index is 1.96. The average molecular weight is 342 g/mol. The highest BCUT2D eigenvalue weighted by atomic mass is 16.5. The molecule has 25 heavy (non-hydrogen) atoms. The number of aromatic nitrogens is 1. The van der Waals surface area contributed by atoms with Crippen molar-refractivity contribution in [2.45, 2.75) is 6.04 Å². The topological polar surface area (TPSA) is 89.6 Å². The van der Waals surface area contributed by atoms with E-state index >= 15 is 0 Å². The first-order chi connectivity index (χ1) is 12.0. The minimum atomic E-state index is -0.545. The van der Waals surface area contributed by atoms with Gasteiger partial charge in [0, 0.05) is 38.4 Å². The van der Waals surface area contributed by atoms with Crippen molar-refractivity contribution < 1.29 is 14.3 Å². The number of nitrogens with one attached hydrogen (secondary N) is 1. The third kappa shape index (κ3) is 3.23. The lowest BCUT2D eigenvalue weighted by Gasteiger charge is -2.37. The second-order valence-corrected chi connectivity index (χ2v) is 6.05. The summed E-state index contributed by atoms with van der Waals surface area (Å²) >= 11 is 0. The fourth-order valence-electron chi connectivity index (χ4n) is 3.23. The maximum absolute atomic E-state index is 13.1. The quantitative estimate of drug-likeness (QED) is 0.865. The number of piperazine rings is 1. The Kier molecular flexibility index (Phi) is 4.76. The van der Waals surface area contributed by atoms with Crippen LogP contribution in [-0.2, 0) is 7.05 Å². The van der Waals surface area contributed by atoms with Crippen LogP contribution in [0.25, 0.3) is 0 Å². The molecule has 7 nitrogen and oxygen atoms in total. The molecule has 1 aliphatic heterocycles. The van der Waals surface area contributed by atoms with E-state index in [0.717, 1.165) is 11.3 Å². The van der Waals surface area contributed by atoms with E-state index in [2.05, 4.69) is 5.32 Å². The fourth-order valence-corrected chi connectivity index (χ4v) is 3.23. The van der Waals surface area contributed by atoms with Gasteiger partial charge >= 0.3 is 0 Å². The number of carbonyl (C=O) groups is 2. The zero-order chi connectivity index (χ0) is 18.0. The van der Waals surface area contributed by atoms with Gasteiger partial charge in [-0.05, 0) is 12.1 Å². The number of nitrogens with zero attached hydrogens (tertiary/aromatic N) is 2. The maximum Gasteiger partial charge on any atom is 0.271 e. The lowest BCUT2D eigenvalue weighted by molar-refractivity contribution is 0.0622. The van der Waals surface area contributed by atoms with Gasteiger partial charge in [-0.3, -0.25) is 9.59 Å². The number of para-hydroxylation sites is 1. The highest BCUT2D eigenvalue weighted by Crippen LogP contribution is 2.31. The molecule has 3 rings (SSSR count). The number of ether oxygens (including phenoxy) is 1. The van der Waals surface area contributed by atoms with Crippen LogP contribution in [0.2, 0.25) is 0 Å². The third-order valence-corrected chi connectivity index (χ3v) is 4.51. The molecule has 1 aromatic heterocycles. The summed E-state index contributed by atoms with van der Waals surface area (Å²) in [5, 5.41) is 3.33. The lowest BCUT2D eigenvalue weighted by Crippen LogP contribution is -2.49. The van der Waals surface area contributed by atoms with Crippen LogP contribution in [0, 0.1) is 0 Å². The first-order valence-electron chi connectivity index (χ1n) is 8.13.